The first-order valence-corrected chi connectivity index (χ1v) is 5.77. The van der Waals surface area contributed by atoms with Crippen molar-refractivity contribution in [3.05, 3.63) is 22.4 Å². The molecule has 1 aromatic rings. The molecule has 1 aromatic heterocycles. The average molecular weight is 241 g/mol. The number of amides is 1. The summed E-state index contributed by atoms with van der Waals surface area (Å²) < 4.78 is 0. The van der Waals surface area contributed by atoms with Crippen LogP contribution >= 0.6 is 11.3 Å². The van der Waals surface area contributed by atoms with Gasteiger partial charge in [0, 0.05) is 10.3 Å². The third kappa shape index (κ3) is 3.06. The van der Waals surface area contributed by atoms with E-state index in [-0.39, 0.29) is 5.91 Å². The first-order chi connectivity index (χ1) is 7.32. The van der Waals surface area contributed by atoms with Crippen LogP contribution in [0.4, 0.5) is 0 Å². The molecule has 0 aromatic carbocycles. The molecule has 1 heterocycles. The van der Waals surface area contributed by atoms with Crippen LogP contribution in [-0.4, -0.2) is 17.0 Å². The van der Waals surface area contributed by atoms with Gasteiger partial charge in [0.25, 0.3) is 0 Å². The van der Waals surface area contributed by atoms with Crippen LogP contribution in [0, 0.1) is 5.41 Å². The Morgan fingerprint density at radius 3 is 2.44 bits per heavy atom. The molecule has 0 radical (unpaired) electrons. The number of rotatable bonds is 3. The topological polar surface area (TPSA) is 66.4 Å². The Labute approximate surface area is 98.3 Å². The highest BCUT2D eigenvalue weighted by molar-refractivity contribution is 7.10. The largest absolute Gasteiger partial charge is 0.479 e. The second-order valence-corrected chi connectivity index (χ2v) is 5.49. The van der Waals surface area contributed by atoms with Gasteiger partial charge in [-0.05, 0) is 11.4 Å². The quantitative estimate of drug-likeness (QED) is 0.851. The zero-order chi connectivity index (χ0) is 12.3. The molecule has 0 aliphatic heterocycles. The fourth-order valence-corrected chi connectivity index (χ4v) is 1.82. The molecule has 1 unspecified atom stereocenters. The van der Waals surface area contributed by atoms with E-state index in [1.54, 1.807) is 38.3 Å². The summed E-state index contributed by atoms with van der Waals surface area (Å²) in [7, 11) is 0. The maximum absolute atomic E-state index is 11.7. The fourth-order valence-electron chi connectivity index (χ4n) is 1.06. The molecule has 88 valence electrons. The minimum absolute atomic E-state index is 0.270. The number of thiophene rings is 1. The second-order valence-electron chi connectivity index (χ2n) is 4.51. The summed E-state index contributed by atoms with van der Waals surface area (Å²) in [5.74, 6) is -1.31. The standard InChI is InChI=1S/C11H15NO3S/c1-11(2,3)10(15)12-8(9(13)14)7-5-4-6-16-7/h4-6,8H,1-3H3,(H,12,15)(H,13,14). The van der Waals surface area contributed by atoms with E-state index in [1.807, 2.05) is 0 Å². The molecule has 4 nitrogen and oxygen atoms in total. The van der Waals surface area contributed by atoms with Gasteiger partial charge in [-0.15, -0.1) is 11.3 Å². The third-order valence-electron chi connectivity index (χ3n) is 2.03. The summed E-state index contributed by atoms with van der Waals surface area (Å²) in [4.78, 5) is 23.4. The zero-order valence-corrected chi connectivity index (χ0v) is 10.3. The molecular weight excluding hydrogens is 226 g/mol. The van der Waals surface area contributed by atoms with Gasteiger partial charge in [0.05, 0.1) is 0 Å². The van der Waals surface area contributed by atoms with Crippen LogP contribution in [0.2, 0.25) is 0 Å². The molecule has 5 heteroatoms. The van der Waals surface area contributed by atoms with Crippen LogP contribution in [0.25, 0.3) is 0 Å². The highest BCUT2D eigenvalue weighted by atomic mass is 32.1. The average Bonchev–Trinajstić information content (AvgIpc) is 2.63. The lowest BCUT2D eigenvalue weighted by molar-refractivity contribution is -0.143. The number of nitrogens with one attached hydrogen (secondary N) is 1. The minimum Gasteiger partial charge on any atom is -0.479 e. The van der Waals surface area contributed by atoms with Gasteiger partial charge in [0.2, 0.25) is 5.91 Å². The van der Waals surface area contributed by atoms with Gasteiger partial charge < -0.3 is 10.4 Å². The van der Waals surface area contributed by atoms with E-state index in [9.17, 15) is 9.59 Å². The summed E-state index contributed by atoms with van der Waals surface area (Å²) in [5.41, 5.74) is -0.592. The van der Waals surface area contributed by atoms with E-state index >= 15 is 0 Å². The number of hydrogen-bond acceptors (Lipinski definition) is 3. The monoisotopic (exact) mass is 241 g/mol. The number of hydrogen-bond donors (Lipinski definition) is 2. The second kappa shape index (κ2) is 4.65. The third-order valence-corrected chi connectivity index (χ3v) is 2.97. The molecule has 1 rings (SSSR count). The Bertz CT molecular complexity index is 378. The highest BCUT2D eigenvalue weighted by Gasteiger charge is 2.28. The van der Waals surface area contributed by atoms with E-state index in [4.69, 9.17) is 5.11 Å². The molecule has 0 bridgehead atoms. The smallest absolute Gasteiger partial charge is 0.331 e. The minimum atomic E-state index is -1.04. The lowest BCUT2D eigenvalue weighted by Gasteiger charge is -2.21. The van der Waals surface area contributed by atoms with Gasteiger partial charge in [-0.3, -0.25) is 4.79 Å². The van der Waals surface area contributed by atoms with Gasteiger partial charge in [0.15, 0.2) is 6.04 Å². The SMILES string of the molecule is CC(C)(C)C(=O)NC(C(=O)O)c1cccs1. The maximum atomic E-state index is 11.7. The van der Waals surface area contributed by atoms with Crippen molar-refractivity contribution in [3.63, 3.8) is 0 Å². The molecule has 0 saturated heterocycles. The molecule has 0 aliphatic carbocycles. The fraction of sp³-hybridized carbons (Fsp3) is 0.455. The molecule has 16 heavy (non-hydrogen) atoms. The summed E-state index contributed by atoms with van der Waals surface area (Å²) in [6.45, 7) is 5.24. The van der Waals surface area contributed by atoms with Crippen LogP contribution in [-0.2, 0) is 9.59 Å². The van der Waals surface area contributed by atoms with E-state index < -0.39 is 17.4 Å². The normalized spacial score (nSPS) is 13.2. The van der Waals surface area contributed by atoms with Crippen LogP contribution < -0.4 is 5.32 Å². The maximum Gasteiger partial charge on any atom is 0.331 e. The molecule has 2 N–H and O–H groups in total. The van der Waals surface area contributed by atoms with E-state index in [0.717, 1.165) is 0 Å². The number of carboxylic acids is 1. The molecule has 1 atom stereocenters. The van der Waals surface area contributed by atoms with Gasteiger partial charge >= 0.3 is 5.97 Å². The Hall–Kier alpha value is -1.36. The van der Waals surface area contributed by atoms with Crippen molar-refractivity contribution in [2.45, 2.75) is 26.8 Å². The van der Waals surface area contributed by atoms with E-state index in [2.05, 4.69) is 5.32 Å². The molecule has 0 fully saturated rings. The van der Waals surface area contributed by atoms with E-state index in [0.29, 0.717) is 4.88 Å². The Morgan fingerprint density at radius 1 is 1.44 bits per heavy atom. The first-order valence-electron chi connectivity index (χ1n) is 4.89. The van der Waals surface area contributed by atoms with Gasteiger partial charge in [-0.25, -0.2) is 4.79 Å². The van der Waals surface area contributed by atoms with Crippen molar-refractivity contribution >= 4 is 23.2 Å². The summed E-state index contributed by atoms with van der Waals surface area (Å²) in [6, 6.07) is 2.51. The summed E-state index contributed by atoms with van der Waals surface area (Å²) in [5, 5.41) is 13.4. The summed E-state index contributed by atoms with van der Waals surface area (Å²) >= 11 is 1.32. The molecule has 0 spiro atoms. The van der Waals surface area contributed by atoms with Crippen LogP contribution in [0.5, 0.6) is 0 Å². The van der Waals surface area contributed by atoms with Gasteiger partial charge in [0.1, 0.15) is 0 Å². The molecule has 0 saturated carbocycles. The number of carbonyl (C=O) groups excluding carboxylic acids is 1. The predicted molar refractivity (Wildman–Crippen MR) is 62.3 cm³/mol. The number of aliphatic carboxylic acids is 1. The Morgan fingerprint density at radius 2 is 2.06 bits per heavy atom. The zero-order valence-electron chi connectivity index (χ0n) is 9.48. The van der Waals surface area contributed by atoms with Crippen molar-refractivity contribution in [2.75, 3.05) is 0 Å². The van der Waals surface area contributed by atoms with Crippen molar-refractivity contribution in [2.24, 2.45) is 5.41 Å². The summed E-state index contributed by atoms with van der Waals surface area (Å²) in [6.07, 6.45) is 0. The Balaban J connectivity index is 2.83. The molecular formula is C11H15NO3S. The van der Waals surface area contributed by atoms with Crippen molar-refractivity contribution in [3.8, 4) is 0 Å². The highest BCUT2D eigenvalue weighted by Crippen LogP contribution is 2.21. The Kier molecular flexibility index (Phi) is 3.70. The number of carbonyl (C=O) groups is 2. The van der Waals surface area contributed by atoms with Crippen LogP contribution in [0.1, 0.15) is 31.7 Å². The van der Waals surface area contributed by atoms with E-state index in [1.165, 1.54) is 11.3 Å². The van der Waals surface area contributed by atoms with Crippen LogP contribution in [0.3, 0.4) is 0 Å². The predicted octanol–water partition coefficient (Wildman–Crippen LogP) is 2.04. The van der Waals surface area contributed by atoms with Crippen molar-refractivity contribution in [1.82, 2.24) is 5.32 Å². The van der Waals surface area contributed by atoms with Gasteiger partial charge in [-0.2, -0.15) is 0 Å². The van der Waals surface area contributed by atoms with Crippen LogP contribution in [0.15, 0.2) is 17.5 Å². The van der Waals surface area contributed by atoms with Crippen molar-refractivity contribution in [1.29, 1.82) is 0 Å². The molecule has 1 amide bonds. The lowest BCUT2D eigenvalue weighted by Crippen LogP contribution is -2.40. The lowest BCUT2D eigenvalue weighted by atomic mass is 9.95. The first kappa shape index (κ1) is 12.7. The molecule has 0 aliphatic rings. The van der Waals surface area contributed by atoms with Gasteiger partial charge in [-0.1, -0.05) is 26.8 Å². The van der Waals surface area contributed by atoms with Crippen molar-refractivity contribution < 1.29 is 14.7 Å². The number of carboxylic acid groups (broad SMARTS) is 1.